The first-order valence-electron chi connectivity index (χ1n) is 7.15. The van der Waals surface area contributed by atoms with Crippen LogP contribution in [0.1, 0.15) is 38.2 Å². The average Bonchev–Trinajstić information content (AvgIpc) is 2.50. The highest BCUT2D eigenvalue weighted by atomic mass is 32.2. The molecule has 0 atom stereocenters. The van der Waals surface area contributed by atoms with Gasteiger partial charge in [0.1, 0.15) is 0 Å². The number of carbonyl (C=O) groups excluding carboxylic acids is 1. The van der Waals surface area contributed by atoms with Gasteiger partial charge >= 0.3 is 5.97 Å². The third-order valence-electron chi connectivity index (χ3n) is 3.22. The van der Waals surface area contributed by atoms with Crippen LogP contribution in [0.5, 0.6) is 0 Å². The van der Waals surface area contributed by atoms with Gasteiger partial charge < -0.3 is 4.74 Å². The molecular weight excluding hydrogens is 290 g/mol. The highest BCUT2D eigenvalue weighted by Gasteiger charge is 2.12. The topological polar surface area (TPSA) is 72.5 Å². The number of sulfonamides is 1. The molecule has 0 aliphatic carbocycles. The molecule has 21 heavy (non-hydrogen) atoms. The van der Waals surface area contributed by atoms with Gasteiger partial charge in [0.25, 0.3) is 0 Å². The predicted molar refractivity (Wildman–Crippen MR) is 81.5 cm³/mol. The lowest BCUT2D eigenvalue weighted by molar-refractivity contribution is -0.140. The van der Waals surface area contributed by atoms with Crippen molar-refractivity contribution in [2.24, 2.45) is 0 Å². The standard InChI is InChI=1S/C15H23NO4S/c1-3-13-8-10-14(11-9-13)21(18,19)16-12-6-4-5-7-15(17)20-2/h8-11,16H,3-7,12H2,1-2H3. The summed E-state index contributed by atoms with van der Waals surface area (Å²) in [6.07, 6.45) is 3.45. The van der Waals surface area contributed by atoms with E-state index in [0.29, 0.717) is 25.8 Å². The summed E-state index contributed by atoms with van der Waals surface area (Å²) in [6.45, 7) is 2.40. The fourth-order valence-corrected chi connectivity index (χ4v) is 2.94. The molecule has 0 saturated carbocycles. The van der Waals surface area contributed by atoms with Gasteiger partial charge in [0.2, 0.25) is 10.0 Å². The molecular formula is C15H23NO4S. The zero-order valence-corrected chi connectivity index (χ0v) is 13.4. The number of nitrogens with one attached hydrogen (secondary N) is 1. The second-order valence-corrected chi connectivity index (χ2v) is 6.55. The number of methoxy groups -OCH3 is 1. The smallest absolute Gasteiger partial charge is 0.305 e. The van der Waals surface area contributed by atoms with Crippen molar-refractivity contribution in [3.05, 3.63) is 29.8 Å². The lowest BCUT2D eigenvalue weighted by atomic mass is 10.2. The van der Waals surface area contributed by atoms with E-state index in [0.717, 1.165) is 18.4 Å². The van der Waals surface area contributed by atoms with Crippen molar-refractivity contribution in [2.45, 2.75) is 43.9 Å². The van der Waals surface area contributed by atoms with Gasteiger partial charge in [-0.15, -0.1) is 0 Å². The van der Waals surface area contributed by atoms with E-state index in [1.807, 2.05) is 19.1 Å². The number of unbranched alkanes of at least 4 members (excludes halogenated alkanes) is 2. The van der Waals surface area contributed by atoms with E-state index in [1.165, 1.54) is 7.11 Å². The summed E-state index contributed by atoms with van der Waals surface area (Å²) < 4.78 is 31.2. The van der Waals surface area contributed by atoms with E-state index in [9.17, 15) is 13.2 Å². The largest absolute Gasteiger partial charge is 0.469 e. The van der Waals surface area contributed by atoms with Crippen molar-refractivity contribution in [3.63, 3.8) is 0 Å². The van der Waals surface area contributed by atoms with E-state index in [4.69, 9.17) is 0 Å². The Bertz CT molecular complexity index is 537. The lowest BCUT2D eigenvalue weighted by Crippen LogP contribution is -2.24. The molecule has 0 bridgehead atoms. The van der Waals surface area contributed by atoms with Crippen molar-refractivity contribution in [1.29, 1.82) is 0 Å². The monoisotopic (exact) mass is 313 g/mol. The van der Waals surface area contributed by atoms with Crippen molar-refractivity contribution < 1.29 is 17.9 Å². The van der Waals surface area contributed by atoms with Crippen molar-refractivity contribution >= 4 is 16.0 Å². The first-order chi connectivity index (χ1) is 9.99. The van der Waals surface area contributed by atoms with Gasteiger partial charge in [0.05, 0.1) is 12.0 Å². The molecule has 0 unspecified atom stereocenters. The quantitative estimate of drug-likeness (QED) is 0.560. The number of hydrogen-bond acceptors (Lipinski definition) is 4. The first-order valence-corrected chi connectivity index (χ1v) is 8.63. The molecule has 0 aliphatic heterocycles. The molecule has 118 valence electrons. The Morgan fingerprint density at radius 2 is 1.81 bits per heavy atom. The summed E-state index contributed by atoms with van der Waals surface area (Å²) in [4.78, 5) is 11.2. The summed E-state index contributed by atoms with van der Waals surface area (Å²) >= 11 is 0. The van der Waals surface area contributed by atoms with Crippen LogP contribution in [0.2, 0.25) is 0 Å². The zero-order valence-electron chi connectivity index (χ0n) is 12.6. The van der Waals surface area contributed by atoms with Gasteiger partial charge in [-0.3, -0.25) is 4.79 Å². The van der Waals surface area contributed by atoms with Gasteiger partial charge in [0.15, 0.2) is 0 Å². The molecule has 1 rings (SSSR count). The van der Waals surface area contributed by atoms with E-state index in [-0.39, 0.29) is 10.9 Å². The maximum absolute atomic E-state index is 12.0. The third-order valence-corrected chi connectivity index (χ3v) is 4.70. The van der Waals surface area contributed by atoms with Crippen LogP contribution in [0.3, 0.4) is 0 Å². The number of hydrogen-bond donors (Lipinski definition) is 1. The van der Waals surface area contributed by atoms with E-state index < -0.39 is 10.0 Å². The van der Waals surface area contributed by atoms with Crippen LogP contribution in [0.15, 0.2) is 29.2 Å². The van der Waals surface area contributed by atoms with Crippen LogP contribution in [0.4, 0.5) is 0 Å². The summed E-state index contributed by atoms with van der Waals surface area (Å²) in [6, 6.07) is 6.90. The number of carbonyl (C=O) groups is 1. The molecule has 0 heterocycles. The molecule has 6 heteroatoms. The molecule has 0 radical (unpaired) electrons. The maximum atomic E-state index is 12.0. The van der Waals surface area contributed by atoms with Gasteiger partial charge in [0, 0.05) is 13.0 Å². The normalized spacial score (nSPS) is 11.3. The maximum Gasteiger partial charge on any atom is 0.305 e. The predicted octanol–water partition coefficient (Wildman–Crippen LogP) is 2.26. The highest BCUT2D eigenvalue weighted by molar-refractivity contribution is 7.89. The van der Waals surface area contributed by atoms with Crippen LogP contribution in [-0.2, 0) is 26.0 Å². The average molecular weight is 313 g/mol. The molecule has 1 aromatic carbocycles. The Balaban J connectivity index is 2.34. The Morgan fingerprint density at radius 3 is 2.38 bits per heavy atom. The highest BCUT2D eigenvalue weighted by Crippen LogP contribution is 2.11. The summed E-state index contributed by atoms with van der Waals surface area (Å²) in [5.74, 6) is -0.230. The lowest BCUT2D eigenvalue weighted by Gasteiger charge is -2.07. The second-order valence-electron chi connectivity index (χ2n) is 4.78. The molecule has 0 aromatic heterocycles. The van der Waals surface area contributed by atoms with Crippen LogP contribution < -0.4 is 4.72 Å². The number of rotatable bonds is 9. The van der Waals surface area contributed by atoms with Crippen LogP contribution >= 0.6 is 0 Å². The van der Waals surface area contributed by atoms with Crippen LogP contribution in [-0.4, -0.2) is 28.0 Å². The SMILES string of the molecule is CCc1ccc(S(=O)(=O)NCCCCCC(=O)OC)cc1. The molecule has 1 aromatic rings. The van der Waals surface area contributed by atoms with Gasteiger partial charge in [-0.1, -0.05) is 25.5 Å². The third kappa shape index (κ3) is 6.27. The Kier molecular flexibility index (Phi) is 7.39. The Labute approximate surface area is 126 Å². The number of aryl methyl sites for hydroxylation is 1. The summed E-state index contributed by atoms with van der Waals surface area (Å²) in [5.41, 5.74) is 1.11. The van der Waals surface area contributed by atoms with E-state index in [2.05, 4.69) is 9.46 Å². The zero-order chi connectivity index (χ0) is 15.7. The first kappa shape index (κ1) is 17.7. The Hall–Kier alpha value is -1.40. The van der Waals surface area contributed by atoms with Gasteiger partial charge in [-0.25, -0.2) is 13.1 Å². The second kappa shape index (κ2) is 8.79. The van der Waals surface area contributed by atoms with E-state index >= 15 is 0 Å². The Morgan fingerprint density at radius 1 is 1.14 bits per heavy atom. The molecule has 5 nitrogen and oxygen atoms in total. The fourth-order valence-electron chi connectivity index (χ4n) is 1.87. The molecule has 0 aliphatic rings. The molecule has 0 saturated heterocycles. The number of esters is 1. The van der Waals surface area contributed by atoms with Crippen molar-refractivity contribution in [3.8, 4) is 0 Å². The van der Waals surface area contributed by atoms with Gasteiger partial charge in [-0.05, 0) is 37.0 Å². The number of ether oxygens (including phenoxy) is 1. The molecule has 0 fully saturated rings. The number of benzene rings is 1. The van der Waals surface area contributed by atoms with Crippen LogP contribution in [0, 0.1) is 0 Å². The summed E-state index contributed by atoms with van der Waals surface area (Å²) in [5, 5.41) is 0. The van der Waals surface area contributed by atoms with Crippen LogP contribution in [0.25, 0.3) is 0 Å². The molecule has 0 spiro atoms. The van der Waals surface area contributed by atoms with Crippen molar-refractivity contribution in [2.75, 3.05) is 13.7 Å². The minimum absolute atomic E-state index is 0.230. The minimum atomic E-state index is -3.44. The van der Waals surface area contributed by atoms with E-state index in [1.54, 1.807) is 12.1 Å². The molecule has 0 amide bonds. The molecule has 1 N–H and O–H groups in total. The summed E-state index contributed by atoms with van der Waals surface area (Å²) in [7, 11) is -2.07. The minimum Gasteiger partial charge on any atom is -0.469 e. The van der Waals surface area contributed by atoms with Gasteiger partial charge in [-0.2, -0.15) is 0 Å². The fraction of sp³-hybridized carbons (Fsp3) is 0.533. The van der Waals surface area contributed by atoms with Crippen molar-refractivity contribution in [1.82, 2.24) is 4.72 Å².